The molecule has 0 saturated heterocycles. The van der Waals surface area contributed by atoms with Crippen LogP contribution in [0.3, 0.4) is 0 Å². The molecule has 26 heavy (non-hydrogen) atoms. The molecule has 1 N–H and O–H groups in total. The third-order valence-electron chi connectivity index (χ3n) is 4.70. The minimum atomic E-state index is 0.108. The zero-order valence-corrected chi connectivity index (χ0v) is 15.4. The van der Waals surface area contributed by atoms with Gasteiger partial charge >= 0.3 is 0 Å². The van der Waals surface area contributed by atoms with Crippen LogP contribution in [0.2, 0.25) is 0 Å². The lowest BCUT2D eigenvalue weighted by atomic mass is 10.1. The Morgan fingerprint density at radius 1 is 1.23 bits per heavy atom. The zero-order valence-electron chi connectivity index (χ0n) is 14.6. The van der Waals surface area contributed by atoms with E-state index < -0.39 is 0 Å². The van der Waals surface area contributed by atoms with E-state index in [2.05, 4.69) is 51.0 Å². The number of nitrogens with one attached hydrogen (secondary N) is 1. The van der Waals surface area contributed by atoms with E-state index in [0.29, 0.717) is 13.1 Å². The average molecular weight is 366 g/mol. The highest BCUT2D eigenvalue weighted by Crippen LogP contribution is 2.23. The number of fused-ring (bicyclic) bond motifs is 1. The van der Waals surface area contributed by atoms with E-state index in [1.54, 1.807) is 6.20 Å². The normalized spacial score (nSPS) is 14.2. The molecule has 0 spiro atoms. The molecule has 0 saturated carbocycles. The minimum absolute atomic E-state index is 0.108. The molecule has 134 valence electrons. The summed E-state index contributed by atoms with van der Waals surface area (Å²) in [5, 5.41) is 9.41. The number of carbonyl (C=O) groups excluding carboxylic acids is 1. The van der Waals surface area contributed by atoms with Gasteiger partial charge < -0.3 is 5.32 Å². The van der Waals surface area contributed by atoms with Crippen LogP contribution in [0.1, 0.15) is 16.0 Å². The van der Waals surface area contributed by atoms with E-state index in [0.717, 1.165) is 31.6 Å². The van der Waals surface area contributed by atoms with Gasteiger partial charge in [-0.25, -0.2) is 4.68 Å². The lowest BCUT2D eigenvalue weighted by molar-refractivity contribution is -0.122. The van der Waals surface area contributed by atoms with Crippen molar-refractivity contribution in [3.63, 3.8) is 0 Å². The molecule has 4 rings (SSSR count). The number of aromatic nitrogens is 2. The Morgan fingerprint density at radius 2 is 2.12 bits per heavy atom. The average Bonchev–Trinajstić information content (AvgIpc) is 3.34. The van der Waals surface area contributed by atoms with E-state index in [-0.39, 0.29) is 5.91 Å². The molecular formula is C20H22N4OS. The number of hydrogen-bond donors (Lipinski definition) is 1. The molecule has 0 unspecified atom stereocenters. The van der Waals surface area contributed by atoms with E-state index in [1.807, 2.05) is 28.3 Å². The number of nitrogens with zero attached hydrogens (tertiary/aromatic N) is 3. The van der Waals surface area contributed by atoms with Crippen LogP contribution < -0.4 is 5.32 Å². The molecule has 0 aliphatic carbocycles. The van der Waals surface area contributed by atoms with Crippen molar-refractivity contribution in [2.24, 2.45) is 0 Å². The van der Waals surface area contributed by atoms with Gasteiger partial charge in [0, 0.05) is 36.9 Å². The molecule has 0 bridgehead atoms. The molecule has 0 atom stereocenters. The Hall–Kier alpha value is -2.44. The predicted octanol–water partition coefficient (Wildman–Crippen LogP) is 2.65. The second-order valence-corrected chi connectivity index (χ2v) is 7.55. The van der Waals surface area contributed by atoms with E-state index in [4.69, 9.17) is 0 Å². The Kier molecular flexibility index (Phi) is 5.13. The Morgan fingerprint density at radius 3 is 2.92 bits per heavy atom. The molecule has 0 fully saturated rings. The lowest BCUT2D eigenvalue weighted by Gasteiger charge is -2.26. The van der Waals surface area contributed by atoms with Gasteiger partial charge in [-0.05, 0) is 53.6 Å². The van der Waals surface area contributed by atoms with Gasteiger partial charge in [0.1, 0.15) is 0 Å². The number of carbonyl (C=O) groups is 1. The van der Waals surface area contributed by atoms with Gasteiger partial charge in [-0.3, -0.25) is 9.69 Å². The van der Waals surface area contributed by atoms with Gasteiger partial charge in [-0.2, -0.15) is 5.10 Å². The number of hydrogen-bond acceptors (Lipinski definition) is 4. The van der Waals surface area contributed by atoms with E-state index >= 15 is 0 Å². The Balaban J connectivity index is 1.21. The molecule has 1 aliphatic rings. The summed E-state index contributed by atoms with van der Waals surface area (Å²) in [6, 6.07) is 12.4. The monoisotopic (exact) mass is 366 g/mol. The van der Waals surface area contributed by atoms with Gasteiger partial charge in [0.25, 0.3) is 0 Å². The molecule has 1 aliphatic heterocycles. The first kappa shape index (κ1) is 17.0. The maximum absolute atomic E-state index is 12.2. The van der Waals surface area contributed by atoms with Crippen molar-refractivity contribution in [1.29, 1.82) is 0 Å². The fraction of sp³-hybridized carbons (Fsp3) is 0.300. The van der Waals surface area contributed by atoms with Gasteiger partial charge in [0.2, 0.25) is 5.91 Å². The van der Waals surface area contributed by atoms with Gasteiger partial charge in [0.15, 0.2) is 0 Å². The summed E-state index contributed by atoms with van der Waals surface area (Å²) in [6.45, 7) is 3.00. The maximum atomic E-state index is 12.2. The quantitative estimate of drug-likeness (QED) is 0.730. The Labute approximate surface area is 157 Å². The smallest absolute Gasteiger partial charge is 0.234 e. The molecular weight excluding hydrogens is 344 g/mol. The van der Waals surface area contributed by atoms with Crippen LogP contribution in [0.4, 0.5) is 0 Å². The zero-order chi connectivity index (χ0) is 17.8. The largest absolute Gasteiger partial charge is 0.355 e. The maximum Gasteiger partial charge on any atom is 0.234 e. The summed E-state index contributed by atoms with van der Waals surface area (Å²) >= 11 is 1.83. The number of benzene rings is 1. The molecule has 2 aromatic heterocycles. The van der Waals surface area contributed by atoms with E-state index in [9.17, 15) is 4.79 Å². The predicted molar refractivity (Wildman–Crippen MR) is 104 cm³/mol. The molecule has 1 aromatic carbocycles. The summed E-state index contributed by atoms with van der Waals surface area (Å²) in [7, 11) is 0. The SMILES string of the molecule is O=C(CN1CCc2sccc2C1)NCCc1ccc(-n2cccn2)cc1. The van der Waals surface area contributed by atoms with Crippen molar-refractivity contribution in [1.82, 2.24) is 20.0 Å². The Bertz CT molecular complexity index is 854. The van der Waals surface area contributed by atoms with Crippen molar-refractivity contribution in [3.8, 4) is 5.69 Å². The third kappa shape index (κ3) is 4.03. The summed E-state index contributed by atoms with van der Waals surface area (Å²) in [5.74, 6) is 0.108. The van der Waals surface area contributed by atoms with Crippen molar-refractivity contribution in [3.05, 3.63) is 70.2 Å². The molecule has 3 aromatic rings. The van der Waals surface area contributed by atoms with Crippen LogP contribution in [0.25, 0.3) is 5.69 Å². The molecule has 1 amide bonds. The van der Waals surface area contributed by atoms with Crippen molar-refractivity contribution in [2.45, 2.75) is 19.4 Å². The molecule has 3 heterocycles. The lowest BCUT2D eigenvalue weighted by Crippen LogP contribution is -2.40. The van der Waals surface area contributed by atoms with Gasteiger partial charge in [-0.15, -0.1) is 11.3 Å². The number of amides is 1. The topological polar surface area (TPSA) is 50.2 Å². The van der Waals surface area contributed by atoms with Gasteiger partial charge in [-0.1, -0.05) is 12.1 Å². The number of rotatable bonds is 6. The highest BCUT2D eigenvalue weighted by atomic mass is 32.1. The third-order valence-corrected chi connectivity index (χ3v) is 5.72. The van der Waals surface area contributed by atoms with E-state index in [1.165, 1.54) is 16.0 Å². The fourth-order valence-corrected chi connectivity index (χ4v) is 4.17. The van der Waals surface area contributed by atoms with Crippen molar-refractivity contribution in [2.75, 3.05) is 19.6 Å². The van der Waals surface area contributed by atoms with Crippen LogP contribution in [0.5, 0.6) is 0 Å². The first-order chi connectivity index (χ1) is 12.8. The number of thiophene rings is 1. The fourth-order valence-electron chi connectivity index (χ4n) is 3.28. The summed E-state index contributed by atoms with van der Waals surface area (Å²) in [5.41, 5.74) is 3.63. The van der Waals surface area contributed by atoms with Gasteiger partial charge in [0.05, 0.1) is 12.2 Å². The van der Waals surface area contributed by atoms with Crippen molar-refractivity contribution >= 4 is 17.2 Å². The van der Waals surface area contributed by atoms with Crippen LogP contribution in [-0.4, -0.2) is 40.2 Å². The van der Waals surface area contributed by atoms with Crippen molar-refractivity contribution < 1.29 is 4.79 Å². The van der Waals surface area contributed by atoms with Crippen LogP contribution in [0, 0.1) is 0 Å². The van der Waals surface area contributed by atoms with Crippen LogP contribution >= 0.6 is 11.3 Å². The second kappa shape index (κ2) is 7.85. The summed E-state index contributed by atoms with van der Waals surface area (Å²) in [4.78, 5) is 15.9. The minimum Gasteiger partial charge on any atom is -0.355 e. The molecule has 6 heteroatoms. The highest BCUT2D eigenvalue weighted by molar-refractivity contribution is 7.10. The first-order valence-corrected chi connectivity index (χ1v) is 9.79. The summed E-state index contributed by atoms with van der Waals surface area (Å²) < 4.78 is 1.84. The standard InChI is InChI=1S/C20H22N4OS/c25-20(15-23-12-7-19-17(14-23)8-13-26-19)21-10-6-16-2-4-18(5-3-16)24-11-1-9-22-24/h1-5,8-9,11,13H,6-7,10,12,14-15H2,(H,21,25). The molecule has 5 nitrogen and oxygen atoms in total. The van der Waals surface area contributed by atoms with Crippen LogP contribution in [-0.2, 0) is 24.2 Å². The summed E-state index contributed by atoms with van der Waals surface area (Å²) in [6.07, 6.45) is 5.59. The highest BCUT2D eigenvalue weighted by Gasteiger charge is 2.18. The van der Waals surface area contributed by atoms with Crippen LogP contribution in [0.15, 0.2) is 54.2 Å². The first-order valence-electron chi connectivity index (χ1n) is 8.91. The molecule has 0 radical (unpaired) electrons. The second-order valence-electron chi connectivity index (χ2n) is 6.55.